The maximum atomic E-state index is 11.8. The van der Waals surface area contributed by atoms with Crippen molar-refractivity contribution < 1.29 is 51.8 Å². The van der Waals surface area contributed by atoms with Gasteiger partial charge in [0, 0.05) is 4.90 Å². The first kappa shape index (κ1) is 15.3. The average molecular weight is 265 g/mol. The molecule has 0 heterocycles. The van der Waals surface area contributed by atoms with E-state index in [2.05, 4.69) is 4.74 Å². The van der Waals surface area contributed by atoms with Gasteiger partial charge in [-0.1, -0.05) is 11.6 Å². The minimum absolute atomic E-state index is 0. The van der Waals surface area contributed by atoms with Crippen LogP contribution in [0.1, 0.15) is 0 Å². The Morgan fingerprint density at radius 2 is 2.07 bits per heavy atom. The second-order valence-corrected chi connectivity index (χ2v) is 3.55. The minimum Gasteiger partial charge on any atom is -0.768 e. The molecule has 78 valence electrons. The molecule has 0 spiro atoms. The predicted molar refractivity (Wildman–Crippen MR) is 45.3 cm³/mol. The second kappa shape index (κ2) is 6.78. The molecule has 1 atom stereocenters. The van der Waals surface area contributed by atoms with Crippen LogP contribution >= 0.6 is 11.6 Å². The van der Waals surface area contributed by atoms with Crippen molar-refractivity contribution in [2.75, 3.05) is 0 Å². The quantitative estimate of drug-likeness (QED) is 0.530. The summed E-state index contributed by atoms with van der Waals surface area (Å²) in [5, 5.41) is -0.174. The number of benzene rings is 1. The van der Waals surface area contributed by atoms with Gasteiger partial charge < -0.3 is 9.29 Å². The van der Waals surface area contributed by atoms with Crippen molar-refractivity contribution in [3.8, 4) is 5.75 Å². The molecule has 1 aromatic carbocycles. The summed E-state index contributed by atoms with van der Waals surface area (Å²) in [6.45, 7) is -2.99. The van der Waals surface area contributed by atoms with E-state index in [0.29, 0.717) is 0 Å². The molecule has 0 N–H and O–H groups in total. The van der Waals surface area contributed by atoms with E-state index >= 15 is 0 Å². The van der Waals surface area contributed by atoms with Crippen LogP contribution in [0.15, 0.2) is 23.1 Å². The number of halogens is 3. The Morgan fingerprint density at radius 3 is 2.47 bits per heavy atom. The van der Waals surface area contributed by atoms with E-state index in [1.807, 2.05) is 0 Å². The van der Waals surface area contributed by atoms with Crippen molar-refractivity contribution in [1.29, 1.82) is 0 Å². The summed E-state index contributed by atoms with van der Waals surface area (Å²) >= 11 is 3.05. The Kier molecular flexibility index (Phi) is 6.90. The monoisotopic (exact) mass is 264 g/mol. The molecule has 3 nitrogen and oxygen atoms in total. The summed E-state index contributed by atoms with van der Waals surface area (Å²) in [7, 11) is 0. The van der Waals surface area contributed by atoms with Crippen LogP contribution in [0.4, 0.5) is 8.78 Å². The van der Waals surface area contributed by atoms with Gasteiger partial charge >= 0.3 is 36.2 Å². The maximum Gasteiger partial charge on any atom is 1.00 e. The summed E-state index contributed by atoms with van der Waals surface area (Å²) in [4.78, 5) is -0.0865. The van der Waals surface area contributed by atoms with Crippen LogP contribution in [0.3, 0.4) is 0 Å². The largest absolute Gasteiger partial charge is 1.00 e. The summed E-state index contributed by atoms with van der Waals surface area (Å²) in [5.41, 5.74) is 0. The van der Waals surface area contributed by atoms with Crippen LogP contribution in [-0.2, 0) is 11.1 Å². The van der Waals surface area contributed by atoms with Gasteiger partial charge in [0.15, 0.2) is 0 Å². The summed E-state index contributed by atoms with van der Waals surface area (Å²) in [6.07, 6.45) is 0. The first-order valence-corrected chi connectivity index (χ1v) is 4.79. The van der Waals surface area contributed by atoms with Crippen molar-refractivity contribution >= 4 is 22.7 Å². The van der Waals surface area contributed by atoms with Gasteiger partial charge in [0.2, 0.25) is 0 Å². The Morgan fingerprint density at radius 1 is 1.47 bits per heavy atom. The van der Waals surface area contributed by atoms with Crippen LogP contribution in [0.25, 0.3) is 0 Å². The average Bonchev–Trinajstić information content (AvgIpc) is 2.07. The normalized spacial score (nSPS) is 12.1. The van der Waals surface area contributed by atoms with Crippen molar-refractivity contribution in [2.45, 2.75) is 11.5 Å². The SMILES string of the molecule is O=S([O-])c1ccc(OC(F)F)c(Cl)c1.[Na+]. The van der Waals surface area contributed by atoms with E-state index < -0.39 is 17.7 Å². The van der Waals surface area contributed by atoms with Gasteiger partial charge in [-0.3, -0.25) is 4.21 Å². The summed E-state index contributed by atoms with van der Waals surface area (Å²) in [5.74, 6) is -0.254. The molecular weight excluding hydrogens is 261 g/mol. The van der Waals surface area contributed by atoms with E-state index in [9.17, 15) is 17.5 Å². The third-order valence-electron chi connectivity index (χ3n) is 1.31. The molecular formula is C7H4ClF2NaO3S. The zero-order valence-electron chi connectivity index (χ0n) is 7.58. The van der Waals surface area contributed by atoms with Gasteiger partial charge in [0.1, 0.15) is 5.75 Å². The number of hydrogen-bond acceptors (Lipinski definition) is 3. The van der Waals surface area contributed by atoms with Crippen LogP contribution in [0.5, 0.6) is 5.75 Å². The molecule has 0 aliphatic heterocycles. The fourth-order valence-corrected chi connectivity index (χ4v) is 1.46. The van der Waals surface area contributed by atoms with Crippen LogP contribution in [-0.4, -0.2) is 15.4 Å². The molecule has 8 heteroatoms. The first-order valence-electron chi connectivity index (χ1n) is 3.34. The predicted octanol–water partition coefficient (Wildman–Crippen LogP) is -0.817. The molecule has 1 rings (SSSR count). The topological polar surface area (TPSA) is 49.4 Å². The molecule has 0 bridgehead atoms. The van der Waals surface area contributed by atoms with Crippen molar-refractivity contribution in [3.05, 3.63) is 23.2 Å². The first-order chi connectivity index (χ1) is 6.50. The Labute approximate surface area is 114 Å². The Hall–Kier alpha value is 0.280. The molecule has 0 aromatic heterocycles. The van der Waals surface area contributed by atoms with Gasteiger partial charge in [-0.05, 0) is 29.3 Å². The molecule has 0 saturated heterocycles. The molecule has 0 aliphatic carbocycles. The fourth-order valence-electron chi connectivity index (χ4n) is 0.777. The van der Waals surface area contributed by atoms with E-state index in [1.165, 1.54) is 0 Å². The van der Waals surface area contributed by atoms with Gasteiger partial charge in [0.25, 0.3) is 0 Å². The van der Waals surface area contributed by atoms with Gasteiger partial charge in [-0.25, -0.2) is 0 Å². The van der Waals surface area contributed by atoms with Crippen LogP contribution < -0.4 is 34.3 Å². The van der Waals surface area contributed by atoms with Gasteiger partial charge in [-0.15, -0.1) is 0 Å². The van der Waals surface area contributed by atoms with E-state index in [4.69, 9.17) is 11.6 Å². The van der Waals surface area contributed by atoms with Gasteiger partial charge in [-0.2, -0.15) is 8.78 Å². The Bertz CT molecular complexity index is 364. The molecule has 0 radical (unpaired) electrons. The molecule has 15 heavy (non-hydrogen) atoms. The maximum absolute atomic E-state index is 11.8. The van der Waals surface area contributed by atoms with E-state index in [1.54, 1.807) is 0 Å². The molecule has 0 fully saturated rings. The molecule has 0 saturated carbocycles. The van der Waals surface area contributed by atoms with E-state index in [0.717, 1.165) is 18.2 Å². The minimum atomic E-state index is -2.99. The molecule has 1 aromatic rings. The number of alkyl halides is 2. The third-order valence-corrected chi connectivity index (χ3v) is 2.25. The van der Waals surface area contributed by atoms with E-state index in [-0.39, 0.29) is 45.2 Å². The fraction of sp³-hybridized carbons (Fsp3) is 0.143. The second-order valence-electron chi connectivity index (χ2n) is 2.21. The van der Waals surface area contributed by atoms with Crippen LogP contribution in [0, 0.1) is 0 Å². The van der Waals surface area contributed by atoms with Crippen molar-refractivity contribution in [1.82, 2.24) is 0 Å². The van der Waals surface area contributed by atoms with Crippen molar-refractivity contribution in [3.63, 3.8) is 0 Å². The summed E-state index contributed by atoms with van der Waals surface area (Å²) in [6, 6.07) is 3.22. The standard InChI is InChI=1S/C7H5ClF2O3S.Na/c8-5-3-4(14(11)12)1-2-6(5)13-7(9)10;/h1-3,7H,(H,11,12);/q;+1/p-1. The smallest absolute Gasteiger partial charge is 0.768 e. The molecule has 0 amide bonds. The number of hydrogen-bond donors (Lipinski definition) is 0. The number of ether oxygens (including phenoxy) is 1. The van der Waals surface area contributed by atoms with Crippen molar-refractivity contribution in [2.24, 2.45) is 0 Å². The molecule has 1 unspecified atom stereocenters. The zero-order chi connectivity index (χ0) is 10.7. The Balaban J connectivity index is 0.00000196. The summed E-state index contributed by atoms with van der Waals surface area (Å²) < 4.78 is 48.4. The zero-order valence-corrected chi connectivity index (χ0v) is 11.1. The number of rotatable bonds is 3. The van der Waals surface area contributed by atoms with Crippen LogP contribution in [0.2, 0.25) is 5.02 Å². The molecule has 0 aliphatic rings. The van der Waals surface area contributed by atoms with Gasteiger partial charge in [0.05, 0.1) is 5.02 Å². The third kappa shape index (κ3) is 4.76.